The topological polar surface area (TPSA) is 55.0 Å². The third-order valence-corrected chi connectivity index (χ3v) is 3.58. The molecule has 2 aromatic rings. The summed E-state index contributed by atoms with van der Waals surface area (Å²) in [6.07, 6.45) is 1.69. The van der Waals surface area contributed by atoms with E-state index in [1.165, 1.54) is 4.88 Å². The van der Waals surface area contributed by atoms with E-state index in [2.05, 4.69) is 14.9 Å². The van der Waals surface area contributed by atoms with Crippen molar-refractivity contribution >= 4 is 22.8 Å². The predicted octanol–water partition coefficient (Wildman–Crippen LogP) is 2.37. The van der Waals surface area contributed by atoms with Crippen LogP contribution >= 0.6 is 11.3 Å². The molecule has 0 spiro atoms. The summed E-state index contributed by atoms with van der Waals surface area (Å²) in [4.78, 5) is 12.0. The van der Waals surface area contributed by atoms with Crippen molar-refractivity contribution in [3.63, 3.8) is 0 Å². The highest BCUT2D eigenvalue weighted by molar-refractivity contribution is 7.09. The lowest BCUT2D eigenvalue weighted by Crippen LogP contribution is -2.18. The molecule has 0 unspecified atom stereocenters. The van der Waals surface area contributed by atoms with Crippen molar-refractivity contribution in [3.05, 3.63) is 33.9 Å². The molecule has 0 radical (unpaired) electrons. The van der Waals surface area contributed by atoms with E-state index in [0.717, 1.165) is 23.6 Å². The van der Waals surface area contributed by atoms with E-state index in [-0.39, 0.29) is 0 Å². The molecular formula is C12H16N4S. The molecule has 2 heterocycles. The van der Waals surface area contributed by atoms with Crippen LogP contribution < -0.4 is 10.6 Å². The molecule has 2 aromatic heterocycles. The minimum Gasteiger partial charge on any atom is -0.397 e. The van der Waals surface area contributed by atoms with Gasteiger partial charge in [-0.1, -0.05) is 0 Å². The number of hydrogen-bond donors (Lipinski definition) is 1. The van der Waals surface area contributed by atoms with Gasteiger partial charge in [-0.15, -0.1) is 11.3 Å². The molecule has 0 aliphatic heterocycles. The highest BCUT2D eigenvalue weighted by atomic mass is 32.1. The number of aryl methyl sites for hydroxylation is 2. The number of anilines is 2. The van der Waals surface area contributed by atoms with Crippen LogP contribution in [0.3, 0.4) is 0 Å². The SMILES string of the molecule is Cc1cc(N)cnc1N(C)Cc1scnc1C. The fourth-order valence-corrected chi connectivity index (χ4v) is 2.59. The highest BCUT2D eigenvalue weighted by Gasteiger charge is 2.10. The molecule has 0 saturated carbocycles. The number of thiazole rings is 1. The van der Waals surface area contributed by atoms with Crippen LogP contribution in [0.5, 0.6) is 0 Å². The Labute approximate surface area is 105 Å². The number of nitrogen functional groups attached to an aromatic ring is 1. The molecule has 0 aliphatic carbocycles. The van der Waals surface area contributed by atoms with Gasteiger partial charge >= 0.3 is 0 Å². The number of nitrogens with zero attached hydrogens (tertiary/aromatic N) is 3. The van der Waals surface area contributed by atoms with Gasteiger partial charge in [-0.3, -0.25) is 0 Å². The van der Waals surface area contributed by atoms with Gasteiger partial charge in [-0.05, 0) is 25.5 Å². The van der Waals surface area contributed by atoms with E-state index in [9.17, 15) is 0 Å². The number of nitrogens with two attached hydrogens (primary N) is 1. The fourth-order valence-electron chi connectivity index (χ4n) is 1.76. The van der Waals surface area contributed by atoms with Crippen LogP contribution in [0.25, 0.3) is 0 Å². The third-order valence-electron chi connectivity index (χ3n) is 2.66. The van der Waals surface area contributed by atoms with Crippen LogP contribution in [0, 0.1) is 13.8 Å². The Morgan fingerprint density at radius 2 is 2.12 bits per heavy atom. The molecule has 0 atom stereocenters. The molecule has 0 saturated heterocycles. The normalized spacial score (nSPS) is 10.5. The van der Waals surface area contributed by atoms with Crippen LogP contribution in [0.15, 0.2) is 17.8 Å². The first-order valence-electron chi connectivity index (χ1n) is 5.40. The molecular weight excluding hydrogens is 232 g/mol. The van der Waals surface area contributed by atoms with Crippen molar-refractivity contribution in [2.45, 2.75) is 20.4 Å². The quantitative estimate of drug-likeness (QED) is 0.906. The predicted molar refractivity (Wildman–Crippen MR) is 72.3 cm³/mol. The average Bonchev–Trinajstić information content (AvgIpc) is 2.64. The smallest absolute Gasteiger partial charge is 0.131 e. The standard InChI is InChI=1S/C12H16N4S/c1-8-4-10(13)5-14-12(8)16(3)6-11-9(2)15-7-17-11/h4-5,7H,6,13H2,1-3H3. The van der Waals surface area contributed by atoms with E-state index in [1.54, 1.807) is 17.5 Å². The Morgan fingerprint density at radius 1 is 1.35 bits per heavy atom. The van der Waals surface area contributed by atoms with Crippen LogP contribution in [0.2, 0.25) is 0 Å². The summed E-state index contributed by atoms with van der Waals surface area (Å²) in [7, 11) is 2.03. The van der Waals surface area contributed by atoms with Gasteiger partial charge in [0.2, 0.25) is 0 Å². The van der Waals surface area contributed by atoms with Gasteiger partial charge in [0, 0.05) is 11.9 Å². The molecule has 0 aromatic carbocycles. The molecule has 0 amide bonds. The lowest BCUT2D eigenvalue weighted by Gasteiger charge is -2.19. The average molecular weight is 248 g/mol. The van der Waals surface area contributed by atoms with Crippen LogP contribution in [-0.2, 0) is 6.54 Å². The summed E-state index contributed by atoms with van der Waals surface area (Å²) in [6, 6.07) is 1.94. The zero-order valence-electron chi connectivity index (χ0n) is 10.3. The van der Waals surface area contributed by atoms with E-state index >= 15 is 0 Å². The highest BCUT2D eigenvalue weighted by Crippen LogP contribution is 2.21. The largest absolute Gasteiger partial charge is 0.397 e. The first-order chi connectivity index (χ1) is 8.08. The van der Waals surface area contributed by atoms with Crippen LogP contribution in [0.4, 0.5) is 11.5 Å². The second-order valence-corrected chi connectivity index (χ2v) is 5.07. The maximum atomic E-state index is 5.70. The molecule has 17 heavy (non-hydrogen) atoms. The van der Waals surface area contributed by atoms with E-state index in [4.69, 9.17) is 5.73 Å². The molecule has 4 nitrogen and oxygen atoms in total. The second kappa shape index (κ2) is 4.71. The summed E-state index contributed by atoms with van der Waals surface area (Å²) < 4.78 is 0. The van der Waals surface area contributed by atoms with Gasteiger partial charge in [0.15, 0.2) is 0 Å². The van der Waals surface area contributed by atoms with Crippen molar-refractivity contribution in [3.8, 4) is 0 Å². The fraction of sp³-hybridized carbons (Fsp3) is 0.333. The number of hydrogen-bond acceptors (Lipinski definition) is 5. The van der Waals surface area contributed by atoms with Gasteiger partial charge in [-0.2, -0.15) is 0 Å². The number of aromatic nitrogens is 2. The minimum absolute atomic E-state index is 0.702. The van der Waals surface area contributed by atoms with E-state index < -0.39 is 0 Å². The Morgan fingerprint density at radius 3 is 2.71 bits per heavy atom. The van der Waals surface area contributed by atoms with Gasteiger partial charge in [0.25, 0.3) is 0 Å². The van der Waals surface area contributed by atoms with Gasteiger partial charge < -0.3 is 10.6 Å². The van der Waals surface area contributed by atoms with Crippen LogP contribution in [-0.4, -0.2) is 17.0 Å². The molecule has 0 aliphatic rings. The Kier molecular flexibility index (Phi) is 3.28. The minimum atomic E-state index is 0.702. The third kappa shape index (κ3) is 2.55. The van der Waals surface area contributed by atoms with Gasteiger partial charge in [-0.25, -0.2) is 9.97 Å². The Bertz CT molecular complexity index is 521. The van der Waals surface area contributed by atoms with Crippen molar-refractivity contribution in [2.24, 2.45) is 0 Å². The summed E-state index contributed by atoms with van der Waals surface area (Å²) >= 11 is 1.68. The van der Waals surface area contributed by atoms with E-state index in [1.807, 2.05) is 32.5 Å². The second-order valence-electron chi connectivity index (χ2n) is 4.13. The van der Waals surface area contributed by atoms with Gasteiger partial charge in [0.1, 0.15) is 5.82 Å². The van der Waals surface area contributed by atoms with Gasteiger partial charge in [0.05, 0.1) is 29.6 Å². The Balaban J connectivity index is 2.20. The van der Waals surface area contributed by atoms with Crippen molar-refractivity contribution in [1.29, 1.82) is 0 Å². The lowest BCUT2D eigenvalue weighted by atomic mass is 10.2. The summed E-state index contributed by atoms with van der Waals surface area (Å²) in [5, 5.41) is 0. The maximum absolute atomic E-state index is 5.70. The zero-order chi connectivity index (χ0) is 12.4. The number of rotatable bonds is 3. The van der Waals surface area contributed by atoms with E-state index in [0.29, 0.717) is 5.69 Å². The lowest BCUT2D eigenvalue weighted by molar-refractivity contribution is 0.894. The van der Waals surface area contributed by atoms with Crippen LogP contribution in [0.1, 0.15) is 16.1 Å². The Hall–Kier alpha value is -1.62. The summed E-state index contributed by atoms with van der Waals surface area (Å²) in [6.45, 7) is 4.88. The number of pyridine rings is 1. The maximum Gasteiger partial charge on any atom is 0.131 e. The first kappa shape index (κ1) is 11.9. The molecule has 2 N–H and O–H groups in total. The summed E-state index contributed by atoms with van der Waals surface area (Å²) in [5.74, 6) is 0.965. The molecule has 2 rings (SSSR count). The summed E-state index contributed by atoms with van der Waals surface area (Å²) in [5.41, 5.74) is 10.5. The van der Waals surface area contributed by atoms with Crippen molar-refractivity contribution in [2.75, 3.05) is 17.7 Å². The molecule has 90 valence electrons. The monoisotopic (exact) mass is 248 g/mol. The van der Waals surface area contributed by atoms with Crippen molar-refractivity contribution < 1.29 is 0 Å². The zero-order valence-corrected chi connectivity index (χ0v) is 11.1. The first-order valence-corrected chi connectivity index (χ1v) is 6.28. The van der Waals surface area contributed by atoms with Crippen molar-refractivity contribution in [1.82, 2.24) is 9.97 Å². The molecule has 5 heteroatoms. The molecule has 0 bridgehead atoms. The molecule has 0 fully saturated rings.